The summed E-state index contributed by atoms with van der Waals surface area (Å²) in [5.74, 6) is -1.16. The van der Waals surface area contributed by atoms with Crippen molar-refractivity contribution in [2.75, 3.05) is 13.2 Å². The Hall–Kier alpha value is -5.49. The first-order chi connectivity index (χ1) is 33.0. The van der Waals surface area contributed by atoms with E-state index in [2.05, 4.69) is 154 Å². The zero-order valence-corrected chi connectivity index (χ0v) is 41.8. The Morgan fingerprint density at radius 2 is 0.657 bits per heavy atom. The van der Waals surface area contributed by atoms with Gasteiger partial charge in [0.15, 0.2) is 6.10 Å². The third-order valence-corrected chi connectivity index (χ3v) is 9.49. The van der Waals surface area contributed by atoms with Gasteiger partial charge in [0.25, 0.3) is 0 Å². The van der Waals surface area contributed by atoms with Crippen LogP contribution in [-0.4, -0.2) is 37.2 Å². The first kappa shape index (κ1) is 61.5. The molecule has 0 saturated carbocycles. The number of ether oxygens (including phenoxy) is 3. The highest BCUT2D eigenvalue weighted by Gasteiger charge is 2.19. The quantitative estimate of drug-likeness (QED) is 0.0200. The lowest BCUT2D eigenvalue weighted by molar-refractivity contribution is -0.166. The van der Waals surface area contributed by atoms with Crippen LogP contribution in [-0.2, 0) is 28.6 Å². The van der Waals surface area contributed by atoms with Crippen LogP contribution in [0.2, 0.25) is 0 Å². The van der Waals surface area contributed by atoms with E-state index in [9.17, 15) is 14.4 Å². The Bertz CT molecular complexity index is 1670. The van der Waals surface area contributed by atoms with Gasteiger partial charge in [-0.05, 0) is 116 Å². The maximum atomic E-state index is 12.8. The van der Waals surface area contributed by atoms with Gasteiger partial charge in [-0.15, -0.1) is 0 Å². The van der Waals surface area contributed by atoms with Crippen LogP contribution < -0.4 is 0 Å². The van der Waals surface area contributed by atoms with E-state index in [0.717, 1.165) is 103 Å². The maximum absolute atomic E-state index is 12.8. The predicted molar refractivity (Wildman–Crippen MR) is 287 cm³/mol. The van der Waals surface area contributed by atoms with E-state index in [1.807, 2.05) is 48.6 Å². The maximum Gasteiger partial charge on any atom is 0.306 e. The van der Waals surface area contributed by atoms with Crippen molar-refractivity contribution < 1.29 is 28.6 Å². The third-order valence-electron chi connectivity index (χ3n) is 9.49. The van der Waals surface area contributed by atoms with Gasteiger partial charge in [-0.2, -0.15) is 0 Å². The van der Waals surface area contributed by atoms with Crippen LogP contribution in [0.15, 0.2) is 182 Å². The van der Waals surface area contributed by atoms with Crippen molar-refractivity contribution >= 4 is 17.9 Å². The summed E-state index contributed by atoms with van der Waals surface area (Å²) < 4.78 is 16.6. The zero-order chi connectivity index (χ0) is 48.6. The number of rotatable bonds is 42. The molecule has 0 N–H and O–H groups in total. The summed E-state index contributed by atoms with van der Waals surface area (Å²) in [6, 6.07) is 0. The second-order valence-electron chi connectivity index (χ2n) is 15.7. The van der Waals surface area contributed by atoms with E-state index in [1.165, 1.54) is 0 Å². The first-order valence-electron chi connectivity index (χ1n) is 25.3. The third kappa shape index (κ3) is 51.4. The molecule has 0 aliphatic heterocycles. The molecule has 0 aromatic rings. The second kappa shape index (κ2) is 53.1. The van der Waals surface area contributed by atoms with Crippen LogP contribution in [0.3, 0.4) is 0 Å². The number of allylic oxidation sites excluding steroid dienone is 30. The standard InChI is InChI=1S/C61H88O6/c1-4-7-10-13-16-19-22-25-27-29-30-32-33-36-39-42-45-48-51-54-60(63)66-57-58(56-65-59(62)53-50-47-44-41-38-35-24-21-18-15-12-9-6-3)67-61(64)55-52-49-46-43-40-37-34-31-28-26-23-20-17-14-11-8-5-2/h7-12,15-21,24-28,30,32,34-39,43,45-46,48,58H,4-6,13-14,22-23,29,31,33,40-42,44,47,49-57H2,1-3H3/b10-7-,11-8-,12-9-,18-15-,19-16-,20-17-,24-21-,27-25-,28-26-,32-30-,37-34-,38-35-,39-36-,46-43-,48-45-. The molecule has 6 heteroatoms. The molecule has 0 bridgehead atoms. The average Bonchev–Trinajstić information content (AvgIpc) is 3.33. The van der Waals surface area contributed by atoms with Crippen molar-refractivity contribution in [1.29, 1.82) is 0 Å². The van der Waals surface area contributed by atoms with Gasteiger partial charge in [0, 0.05) is 19.3 Å². The molecule has 67 heavy (non-hydrogen) atoms. The van der Waals surface area contributed by atoms with Gasteiger partial charge in [0.05, 0.1) is 0 Å². The zero-order valence-electron chi connectivity index (χ0n) is 41.8. The minimum Gasteiger partial charge on any atom is -0.462 e. The monoisotopic (exact) mass is 917 g/mol. The van der Waals surface area contributed by atoms with Crippen molar-refractivity contribution in [2.45, 2.75) is 168 Å². The molecule has 0 fully saturated rings. The highest BCUT2D eigenvalue weighted by molar-refractivity contribution is 5.71. The molecule has 1 unspecified atom stereocenters. The molecular formula is C61H88O6. The summed E-state index contributed by atoms with van der Waals surface area (Å²) in [4.78, 5) is 37.9. The number of carbonyl (C=O) groups is 3. The molecule has 0 aliphatic carbocycles. The Morgan fingerprint density at radius 1 is 0.313 bits per heavy atom. The molecule has 0 rings (SSSR count). The van der Waals surface area contributed by atoms with Crippen LogP contribution in [0.5, 0.6) is 0 Å². The first-order valence-corrected chi connectivity index (χ1v) is 25.3. The Morgan fingerprint density at radius 3 is 1.10 bits per heavy atom. The summed E-state index contributed by atoms with van der Waals surface area (Å²) in [6.07, 6.45) is 80.4. The molecule has 1 atom stereocenters. The molecule has 0 aromatic heterocycles. The molecule has 0 amide bonds. The fraction of sp³-hybridized carbons (Fsp3) is 0.459. The van der Waals surface area contributed by atoms with E-state index >= 15 is 0 Å². The molecule has 6 nitrogen and oxygen atoms in total. The van der Waals surface area contributed by atoms with E-state index in [0.29, 0.717) is 19.3 Å². The molecule has 0 saturated heterocycles. The highest BCUT2D eigenvalue weighted by atomic mass is 16.6. The summed E-state index contributed by atoms with van der Waals surface area (Å²) in [5.41, 5.74) is 0. The van der Waals surface area contributed by atoms with Gasteiger partial charge in [-0.25, -0.2) is 0 Å². The van der Waals surface area contributed by atoms with Crippen molar-refractivity contribution in [1.82, 2.24) is 0 Å². The van der Waals surface area contributed by atoms with E-state index in [4.69, 9.17) is 14.2 Å². The minimum atomic E-state index is -0.865. The van der Waals surface area contributed by atoms with Crippen molar-refractivity contribution in [2.24, 2.45) is 0 Å². The highest BCUT2D eigenvalue weighted by Crippen LogP contribution is 2.09. The van der Waals surface area contributed by atoms with E-state index < -0.39 is 18.0 Å². The van der Waals surface area contributed by atoms with E-state index in [-0.39, 0.29) is 38.4 Å². The van der Waals surface area contributed by atoms with Crippen LogP contribution in [0, 0.1) is 0 Å². The molecule has 0 spiro atoms. The van der Waals surface area contributed by atoms with Gasteiger partial charge in [0.1, 0.15) is 13.2 Å². The van der Waals surface area contributed by atoms with Gasteiger partial charge < -0.3 is 14.2 Å². The number of hydrogen-bond donors (Lipinski definition) is 0. The average molecular weight is 917 g/mol. The van der Waals surface area contributed by atoms with Crippen LogP contribution in [0.4, 0.5) is 0 Å². The summed E-state index contributed by atoms with van der Waals surface area (Å²) in [5, 5.41) is 0. The number of carbonyl (C=O) groups excluding carboxylic acids is 3. The molecule has 0 radical (unpaired) electrons. The molecule has 0 aliphatic rings. The number of hydrogen-bond acceptors (Lipinski definition) is 6. The smallest absolute Gasteiger partial charge is 0.306 e. The molecule has 0 heterocycles. The SMILES string of the molecule is CC\C=C/C=C\C=C/C=C\CCCCCC(=O)OCC(COC(=O)CC/C=C\C/C=C\C/C=C\C/C=C\C/C=C\C/C=C\CC)OC(=O)CCC/C=C\C/C=C\C/C=C\C/C=C\C/C=C\CC. The lowest BCUT2D eigenvalue weighted by Gasteiger charge is -2.18. The molecule has 368 valence electrons. The van der Waals surface area contributed by atoms with E-state index in [1.54, 1.807) is 0 Å². The van der Waals surface area contributed by atoms with Crippen LogP contribution in [0.25, 0.3) is 0 Å². The number of unbranched alkanes of at least 4 members (excludes halogenated alkanes) is 4. The summed E-state index contributed by atoms with van der Waals surface area (Å²) in [6.45, 7) is 6.08. The fourth-order valence-corrected chi connectivity index (χ4v) is 5.81. The van der Waals surface area contributed by atoms with Crippen molar-refractivity contribution in [3.63, 3.8) is 0 Å². The van der Waals surface area contributed by atoms with Crippen molar-refractivity contribution in [3.05, 3.63) is 182 Å². The van der Waals surface area contributed by atoms with Crippen molar-refractivity contribution in [3.8, 4) is 0 Å². The van der Waals surface area contributed by atoms with Gasteiger partial charge in [-0.3, -0.25) is 14.4 Å². The number of esters is 3. The lowest BCUT2D eigenvalue weighted by atomic mass is 10.1. The van der Waals surface area contributed by atoms with Crippen LogP contribution >= 0.6 is 0 Å². The topological polar surface area (TPSA) is 78.9 Å². The molecule has 0 aromatic carbocycles. The largest absolute Gasteiger partial charge is 0.462 e. The predicted octanol–water partition coefficient (Wildman–Crippen LogP) is 17.0. The fourth-order valence-electron chi connectivity index (χ4n) is 5.81. The summed E-state index contributed by atoms with van der Waals surface area (Å²) in [7, 11) is 0. The van der Waals surface area contributed by atoms with Crippen LogP contribution in [0.1, 0.15) is 162 Å². The van der Waals surface area contributed by atoms with Gasteiger partial charge >= 0.3 is 17.9 Å². The Labute approximate surface area is 408 Å². The normalized spacial score (nSPS) is 13.7. The summed E-state index contributed by atoms with van der Waals surface area (Å²) >= 11 is 0. The minimum absolute atomic E-state index is 0.155. The van der Waals surface area contributed by atoms with Gasteiger partial charge in [-0.1, -0.05) is 209 Å². The Kier molecular flexibility index (Phi) is 48.8. The molecular weight excluding hydrogens is 829 g/mol. The van der Waals surface area contributed by atoms with Gasteiger partial charge in [0.2, 0.25) is 0 Å². The lowest BCUT2D eigenvalue weighted by Crippen LogP contribution is -2.30. The second-order valence-corrected chi connectivity index (χ2v) is 15.7. The Balaban J connectivity index is 4.70.